The normalized spacial score (nSPS) is 21.5. The first-order valence-electron chi connectivity index (χ1n) is 7.66. The van der Waals surface area contributed by atoms with Gasteiger partial charge in [-0.05, 0) is 43.0 Å². The van der Waals surface area contributed by atoms with Gasteiger partial charge in [0.2, 0.25) is 5.91 Å². The topological polar surface area (TPSA) is 71.8 Å². The molecule has 0 radical (unpaired) electrons. The fourth-order valence-corrected chi connectivity index (χ4v) is 2.73. The molecular formula is C16H21N5O. The Morgan fingerprint density at radius 3 is 2.91 bits per heavy atom. The molecule has 0 aliphatic carbocycles. The number of hydrogen-bond donors (Lipinski definition) is 2. The Hall–Kier alpha value is -2.21. The van der Waals surface area contributed by atoms with Crippen molar-refractivity contribution < 1.29 is 4.79 Å². The zero-order chi connectivity index (χ0) is 15.4. The third-order valence-corrected chi connectivity index (χ3v) is 4.02. The zero-order valence-electron chi connectivity index (χ0n) is 12.7. The van der Waals surface area contributed by atoms with E-state index in [0.717, 1.165) is 30.6 Å². The lowest BCUT2D eigenvalue weighted by atomic mass is 9.94. The third-order valence-electron chi connectivity index (χ3n) is 4.02. The monoisotopic (exact) mass is 299 g/mol. The molecule has 2 N–H and O–H groups in total. The lowest BCUT2D eigenvalue weighted by Gasteiger charge is -2.27. The Morgan fingerprint density at radius 1 is 1.41 bits per heavy atom. The van der Waals surface area contributed by atoms with Gasteiger partial charge in [-0.2, -0.15) is 5.10 Å². The van der Waals surface area contributed by atoms with Gasteiger partial charge in [0.1, 0.15) is 12.7 Å². The highest BCUT2D eigenvalue weighted by Crippen LogP contribution is 2.17. The number of hydrogen-bond acceptors (Lipinski definition) is 4. The van der Waals surface area contributed by atoms with Crippen LogP contribution in [0.15, 0.2) is 36.9 Å². The van der Waals surface area contributed by atoms with Crippen molar-refractivity contribution in [2.75, 3.05) is 11.9 Å². The minimum absolute atomic E-state index is 0.0515. The van der Waals surface area contributed by atoms with Gasteiger partial charge in [0.15, 0.2) is 0 Å². The van der Waals surface area contributed by atoms with Crippen LogP contribution in [0.25, 0.3) is 0 Å². The molecule has 2 aromatic rings. The van der Waals surface area contributed by atoms with E-state index in [0.29, 0.717) is 12.5 Å². The Kier molecular flexibility index (Phi) is 4.48. The molecule has 1 aromatic carbocycles. The van der Waals surface area contributed by atoms with Crippen LogP contribution >= 0.6 is 0 Å². The van der Waals surface area contributed by atoms with Gasteiger partial charge in [0, 0.05) is 5.69 Å². The highest BCUT2D eigenvalue weighted by Gasteiger charge is 2.24. The Bertz CT molecular complexity index is 608. The largest absolute Gasteiger partial charge is 0.325 e. The average molecular weight is 299 g/mol. The number of anilines is 1. The van der Waals surface area contributed by atoms with Crippen LogP contribution in [0.1, 0.15) is 25.3 Å². The van der Waals surface area contributed by atoms with Gasteiger partial charge in [0.25, 0.3) is 0 Å². The van der Waals surface area contributed by atoms with Gasteiger partial charge in [-0.25, -0.2) is 9.67 Å². The first kappa shape index (κ1) is 14.7. The fourth-order valence-electron chi connectivity index (χ4n) is 2.73. The number of nitrogens with zero attached hydrogens (tertiary/aromatic N) is 3. The maximum Gasteiger partial charge on any atom is 0.241 e. The summed E-state index contributed by atoms with van der Waals surface area (Å²) in [6.45, 7) is 3.78. The second-order valence-electron chi connectivity index (χ2n) is 5.92. The van der Waals surface area contributed by atoms with Crippen molar-refractivity contribution in [2.45, 2.75) is 32.4 Å². The Morgan fingerprint density at radius 2 is 2.23 bits per heavy atom. The second-order valence-corrected chi connectivity index (χ2v) is 5.92. The first-order chi connectivity index (χ1) is 10.7. The van der Waals surface area contributed by atoms with E-state index in [4.69, 9.17) is 0 Å². The van der Waals surface area contributed by atoms with Crippen LogP contribution in [0, 0.1) is 5.92 Å². The number of carbonyl (C=O) groups is 1. The lowest BCUT2D eigenvalue weighted by molar-refractivity contribution is -0.119. The summed E-state index contributed by atoms with van der Waals surface area (Å²) < 4.78 is 1.76. The third kappa shape index (κ3) is 3.71. The smallest absolute Gasteiger partial charge is 0.241 e. The molecule has 1 saturated heterocycles. The van der Waals surface area contributed by atoms with E-state index in [1.165, 1.54) is 6.33 Å². The molecule has 116 valence electrons. The van der Waals surface area contributed by atoms with Crippen molar-refractivity contribution in [3.63, 3.8) is 0 Å². The summed E-state index contributed by atoms with van der Waals surface area (Å²) in [5, 5.41) is 10.3. The van der Waals surface area contributed by atoms with Crippen LogP contribution in [-0.2, 0) is 11.3 Å². The average Bonchev–Trinajstić information content (AvgIpc) is 3.02. The zero-order valence-corrected chi connectivity index (χ0v) is 12.7. The van der Waals surface area contributed by atoms with Crippen molar-refractivity contribution in [2.24, 2.45) is 5.92 Å². The molecule has 1 fully saturated rings. The molecule has 1 amide bonds. The van der Waals surface area contributed by atoms with E-state index in [1.54, 1.807) is 11.0 Å². The van der Waals surface area contributed by atoms with Crippen molar-refractivity contribution in [3.05, 3.63) is 42.5 Å². The summed E-state index contributed by atoms with van der Waals surface area (Å²) in [4.78, 5) is 16.2. The molecule has 0 saturated carbocycles. The van der Waals surface area contributed by atoms with Gasteiger partial charge in [-0.1, -0.05) is 19.1 Å². The molecular weight excluding hydrogens is 278 g/mol. The molecule has 2 atom stereocenters. The molecule has 3 rings (SSSR count). The Balaban J connectivity index is 1.57. The molecule has 2 heterocycles. The quantitative estimate of drug-likeness (QED) is 0.900. The van der Waals surface area contributed by atoms with Gasteiger partial charge >= 0.3 is 0 Å². The van der Waals surface area contributed by atoms with Crippen molar-refractivity contribution in [3.8, 4) is 0 Å². The van der Waals surface area contributed by atoms with E-state index >= 15 is 0 Å². The standard InChI is InChI=1S/C16H21N5O/c1-12-6-7-18-15(8-12)16(22)20-14-4-2-13(3-5-14)9-21-11-17-10-19-21/h2-5,10-12,15,18H,6-9H2,1H3,(H,20,22). The fraction of sp³-hybridized carbons (Fsp3) is 0.438. The molecule has 6 heteroatoms. The van der Waals surface area contributed by atoms with Crippen LogP contribution < -0.4 is 10.6 Å². The van der Waals surface area contributed by atoms with Crippen LogP contribution in [0.5, 0.6) is 0 Å². The van der Waals surface area contributed by atoms with E-state index in [9.17, 15) is 4.79 Å². The maximum atomic E-state index is 12.3. The summed E-state index contributed by atoms with van der Waals surface area (Å²) in [7, 11) is 0. The van der Waals surface area contributed by atoms with Crippen LogP contribution in [0.2, 0.25) is 0 Å². The first-order valence-corrected chi connectivity index (χ1v) is 7.66. The molecule has 1 aromatic heterocycles. The maximum absolute atomic E-state index is 12.3. The minimum Gasteiger partial charge on any atom is -0.325 e. The SMILES string of the molecule is CC1CCNC(C(=O)Nc2ccc(Cn3cncn3)cc2)C1. The number of carbonyl (C=O) groups excluding carboxylic acids is 1. The van der Waals surface area contributed by atoms with Crippen LogP contribution in [0.4, 0.5) is 5.69 Å². The Labute approximate surface area is 129 Å². The predicted octanol–water partition coefficient (Wildman–Crippen LogP) is 1.65. The second kappa shape index (κ2) is 6.70. The van der Waals surface area contributed by atoms with Crippen LogP contribution in [0.3, 0.4) is 0 Å². The highest BCUT2D eigenvalue weighted by molar-refractivity contribution is 5.94. The number of aromatic nitrogens is 3. The summed E-state index contributed by atoms with van der Waals surface area (Å²) >= 11 is 0. The number of piperidine rings is 1. The predicted molar refractivity (Wildman–Crippen MR) is 84.4 cm³/mol. The molecule has 2 unspecified atom stereocenters. The van der Waals surface area contributed by atoms with Gasteiger partial charge < -0.3 is 10.6 Å². The number of amides is 1. The van der Waals surface area contributed by atoms with Gasteiger partial charge in [-0.3, -0.25) is 4.79 Å². The van der Waals surface area contributed by atoms with E-state index in [2.05, 4.69) is 27.6 Å². The van der Waals surface area contributed by atoms with Crippen molar-refractivity contribution in [1.82, 2.24) is 20.1 Å². The van der Waals surface area contributed by atoms with E-state index in [1.807, 2.05) is 24.3 Å². The molecule has 0 spiro atoms. The van der Waals surface area contributed by atoms with Gasteiger partial charge in [0.05, 0.1) is 12.6 Å². The van der Waals surface area contributed by atoms with Gasteiger partial charge in [-0.15, -0.1) is 0 Å². The van der Waals surface area contributed by atoms with Crippen molar-refractivity contribution >= 4 is 11.6 Å². The van der Waals surface area contributed by atoms with Crippen molar-refractivity contribution in [1.29, 1.82) is 0 Å². The summed E-state index contributed by atoms with van der Waals surface area (Å²) in [6, 6.07) is 7.76. The molecule has 1 aliphatic heterocycles. The van der Waals surface area contributed by atoms with Crippen LogP contribution in [-0.4, -0.2) is 33.3 Å². The van der Waals surface area contributed by atoms with E-state index < -0.39 is 0 Å². The molecule has 0 bridgehead atoms. The molecule has 1 aliphatic rings. The summed E-state index contributed by atoms with van der Waals surface area (Å²) in [5.74, 6) is 0.651. The minimum atomic E-state index is -0.0847. The number of benzene rings is 1. The van der Waals surface area contributed by atoms with E-state index in [-0.39, 0.29) is 11.9 Å². The highest BCUT2D eigenvalue weighted by atomic mass is 16.2. The summed E-state index contributed by atoms with van der Waals surface area (Å²) in [6.07, 6.45) is 5.25. The number of nitrogens with one attached hydrogen (secondary N) is 2. The molecule has 6 nitrogen and oxygen atoms in total. The number of rotatable bonds is 4. The summed E-state index contributed by atoms with van der Waals surface area (Å²) in [5.41, 5.74) is 1.94. The lowest BCUT2D eigenvalue weighted by Crippen LogP contribution is -2.45. The molecule has 22 heavy (non-hydrogen) atoms.